The molecule has 6 heteroatoms. The summed E-state index contributed by atoms with van der Waals surface area (Å²) in [7, 11) is 0. The lowest BCUT2D eigenvalue weighted by atomic mass is 10.0. The summed E-state index contributed by atoms with van der Waals surface area (Å²) in [6.07, 6.45) is 64.5. The third kappa shape index (κ3) is 52.9. The second-order valence-corrected chi connectivity index (χ2v) is 19.9. The van der Waals surface area contributed by atoms with Crippen LogP contribution in [0, 0.1) is 0 Å². The van der Waals surface area contributed by atoms with Crippen LogP contribution in [-0.2, 0) is 28.6 Å². The Balaban J connectivity index is 4.32. The Kier molecular flexibility index (Phi) is 53.7. The summed E-state index contributed by atoms with van der Waals surface area (Å²) in [6.45, 7) is 6.67. The lowest BCUT2D eigenvalue weighted by Crippen LogP contribution is -2.30. The first-order valence-electron chi connectivity index (χ1n) is 29.3. The van der Waals surface area contributed by atoms with Crippen LogP contribution in [0.25, 0.3) is 0 Å². The number of carbonyl (C=O) groups excluding carboxylic acids is 3. The summed E-state index contributed by atoms with van der Waals surface area (Å²) in [6, 6.07) is 0. The van der Waals surface area contributed by atoms with Crippen molar-refractivity contribution in [2.45, 2.75) is 329 Å². The summed E-state index contributed by atoms with van der Waals surface area (Å²) in [5, 5.41) is 0. The second kappa shape index (κ2) is 55.5. The summed E-state index contributed by atoms with van der Waals surface area (Å²) in [4.78, 5) is 38.1. The molecule has 0 fully saturated rings. The highest BCUT2D eigenvalue weighted by atomic mass is 16.6. The van der Waals surface area contributed by atoms with Crippen LogP contribution >= 0.6 is 0 Å². The smallest absolute Gasteiger partial charge is 0.306 e. The molecule has 1 atom stereocenters. The van der Waals surface area contributed by atoms with Crippen LogP contribution in [0.15, 0.2) is 24.3 Å². The fraction of sp³-hybridized carbons (Fsp3) is 0.883. The van der Waals surface area contributed by atoms with E-state index in [0.29, 0.717) is 19.3 Å². The molecule has 0 unspecified atom stereocenters. The third-order valence-corrected chi connectivity index (χ3v) is 13.2. The number of rotatable bonds is 54. The quantitative estimate of drug-likeness (QED) is 0.0262. The Morgan fingerprint density at radius 1 is 0.288 bits per heavy atom. The topological polar surface area (TPSA) is 78.9 Å². The third-order valence-electron chi connectivity index (χ3n) is 13.2. The van der Waals surface area contributed by atoms with E-state index in [0.717, 1.165) is 64.2 Å². The normalized spacial score (nSPS) is 12.1. The molecule has 0 rings (SSSR count). The van der Waals surface area contributed by atoms with E-state index in [-0.39, 0.29) is 31.1 Å². The van der Waals surface area contributed by atoms with Crippen molar-refractivity contribution in [1.29, 1.82) is 0 Å². The van der Waals surface area contributed by atoms with Gasteiger partial charge in [-0.15, -0.1) is 0 Å². The van der Waals surface area contributed by atoms with Crippen LogP contribution in [0.5, 0.6) is 0 Å². The lowest BCUT2D eigenvalue weighted by molar-refractivity contribution is -0.167. The van der Waals surface area contributed by atoms with Crippen molar-refractivity contribution in [3.8, 4) is 0 Å². The van der Waals surface area contributed by atoms with Gasteiger partial charge in [0.25, 0.3) is 0 Å². The van der Waals surface area contributed by atoms with Crippen molar-refractivity contribution in [1.82, 2.24) is 0 Å². The molecule has 0 spiro atoms. The maximum Gasteiger partial charge on any atom is 0.306 e. The number of carbonyl (C=O) groups is 3. The molecule has 0 saturated carbocycles. The monoisotopic (exact) mass is 929 g/mol. The predicted molar refractivity (Wildman–Crippen MR) is 284 cm³/mol. The maximum absolute atomic E-state index is 12.8. The van der Waals surface area contributed by atoms with Crippen molar-refractivity contribution in [2.24, 2.45) is 0 Å². The van der Waals surface area contributed by atoms with E-state index in [4.69, 9.17) is 14.2 Å². The van der Waals surface area contributed by atoms with E-state index >= 15 is 0 Å². The zero-order valence-electron chi connectivity index (χ0n) is 44.5. The fourth-order valence-electron chi connectivity index (χ4n) is 8.73. The Bertz CT molecular complexity index is 1070. The fourth-order valence-corrected chi connectivity index (χ4v) is 8.73. The molecule has 0 saturated heterocycles. The molecule has 0 aromatic rings. The maximum atomic E-state index is 12.8. The summed E-state index contributed by atoms with van der Waals surface area (Å²) in [5.74, 6) is -0.861. The van der Waals surface area contributed by atoms with Crippen LogP contribution in [0.1, 0.15) is 323 Å². The van der Waals surface area contributed by atoms with Gasteiger partial charge in [-0.05, 0) is 70.6 Å². The van der Waals surface area contributed by atoms with Gasteiger partial charge in [0.2, 0.25) is 0 Å². The minimum absolute atomic E-state index is 0.0706. The van der Waals surface area contributed by atoms with Crippen molar-refractivity contribution in [3.05, 3.63) is 24.3 Å². The number of hydrogen-bond acceptors (Lipinski definition) is 6. The van der Waals surface area contributed by atoms with Gasteiger partial charge in [0.1, 0.15) is 13.2 Å². The lowest BCUT2D eigenvalue weighted by Gasteiger charge is -2.18. The molecule has 0 radical (unpaired) electrons. The first-order valence-corrected chi connectivity index (χ1v) is 29.3. The van der Waals surface area contributed by atoms with Gasteiger partial charge in [-0.2, -0.15) is 0 Å². The van der Waals surface area contributed by atoms with Gasteiger partial charge in [-0.25, -0.2) is 0 Å². The molecule has 0 bridgehead atoms. The molecular formula is C60H112O6. The van der Waals surface area contributed by atoms with Gasteiger partial charge in [0, 0.05) is 19.3 Å². The molecular weight excluding hydrogens is 817 g/mol. The van der Waals surface area contributed by atoms with Crippen molar-refractivity contribution in [3.63, 3.8) is 0 Å². The van der Waals surface area contributed by atoms with E-state index in [1.54, 1.807) is 0 Å². The number of esters is 3. The van der Waals surface area contributed by atoms with Gasteiger partial charge in [-0.1, -0.05) is 257 Å². The van der Waals surface area contributed by atoms with Crippen molar-refractivity contribution in [2.75, 3.05) is 13.2 Å². The number of ether oxygens (including phenoxy) is 3. The predicted octanol–water partition coefficient (Wildman–Crippen LogP) is 19.5. The molecule has 66 heavy (non-hydrogen) atoms. The molecule has 388 valence electrons. The first-order chi connectivity index (χ1) is 32.5. The van der Waals surface area contributed by atoms with E-state index < -0.39 is 6.10 Å². The highest BCUT2D eigenvalue weighted by Gasteiger charge is 2.19. The SMILES string of the molecule is CCCCCCCC/C=C\CCCCCCCCCCCC(=O)OC[C@@H](COC(=O)CCCCCCCCCCCCCCCC)OC(=O)CCCCCCC/C=C\CCCCCCCC. The van der Waals surface area contributed by atoms with Gasteiger partial charge in [0.15, 0.2) is 6.10 Å². The minimum atomic E-state index is -0.772. The highest BCUT2D eigenvalue weighted by Crippen LogP contribution is 2.16. The van der Waals surface area contributed by atoms with Crippen LogP contribution < -0.4 is 0 Å². The van der Waals surface area contributed by atoms with E-state index in [2.05, 4.69) is 45.1 Å². The van der Waals surface area contributed by atoms with Crippen LogP contribution in [0.2, 0.25) is 0 Å². The van der Waals surface area contributed by atoms with Crippen molar-refractivity contribution >= 4 is 17.9 Å². The number of unbranched alkanes of at least 4 members (excludes halogenated alkanes) is 39. The first kappa shape index (κ1) is 63.9. The average Bonchev–Trinajstić information content (AvgIpc) is 3.31. The standard InChI is InChI=1S/C60H112O6/c1-4-7-10-13-16-19-22-25-28-29-30-31-33-35-38-41-44-47-50-53-59(62)65-56-57(55-64-58(61)52-49-46-43-40-37-34-27-24-21-18-15-12-9-6-3)66-60(63)54-51-48-45-42-39-36-32-26-23-20-17-14-11-8-5-2/h25-26,28,32,57H,4-24,27,29-31,33-56H2,1-3H3/b28-25-,32-26-/t57-/m1/s1. The van der Waals surface area contributed by atoms with Gasteiger partial charge >= 0.3 is 17.9 Å². The molecule has 6 nitrogen and oxygen atoms in total. The van der Waals surface area contributed by atoms with Crippen LogP contribution in [-0.4, -0.2) is 37.2 Å². The summed E-state index contributed by atoms with van der Waals surface area (Å²) in [5.41, 5.74) is 0. The summed E-state index contributed by atoms with van der Waals surface area (Å²) < 4.78 is 16.9. The molecule has 0 aliphatic rings. The molecule has 0 amide bonds. The molecule has 0 N–H and O–H groups in total. The Morgan fingerprint density at radius 2 is 0.500 bits per heavy atom. The van der Waals surface area contributed by atoms with Crippen LogP contribution in [0.3, 0.4) is 0 Å². The highest BCUT2D eigenvalue weighted by molar-refractivity contribution is 5.71. The van der Waals surface area contributed by atoms with E-state index in [9.17, 15) is 14.4 Å². The Morgan fingerprint density at radius 3 is 0.758 bits per heavy atom. The Labute approximate surface area is 411 Å². The number of allylic oxidation sites excluding steroid dienone is 4. The molecule has 0 aliphatic heterocycles. The molecule has 0 aromatic carbocycles. The Hall–Kier alpha value is -2.11. The van der Waals surface area contributed by atoms with Gasteiger partial charge < -0.3 is 14.2 Å². The second-order valence-electron chi connectivity index (χ2n) is 19.9. The molecule has 0 aromatic heterocycles. The minimum Gasteiger partial charge on any atom is -0.462 e. The van der Waals surface area contributed by atoms with Crippen molar-refractivity contribution < 1.29 is 28.6 Å². The number of hydrogen-bond donors (Lipinski definition) is 0. The van der Waals surface area contributed by atoms with Gasteiger partial charge in [0.05, 0.1) is 0 Å². The zero-order valence-corrected chi connectivity index (χ0v) is 44.5. The average molecular weight is 930 g/mol. The molecule has 0 heterocycles. The largest absolute Gasteiger partial charge is 0.462 e. The van der Waals surface area contributed by atoms with Gasteiger partial charge in [-0.3, -0.25) is 14.4 Å². The molecule has 0 aliphatic carbocycles. The van der Waals surface area contributed by atoms with E-state index in [1.165, 1.54) is 218 Å². The van der Waals surface area contributed by atoms with E-state index in [1.807, 2.05) is 0 Å². The van der Waals surface area contributed by atoms with Crippen LogP contribution in [0.4, 0.5) is 0 Å². The summed E-state index contributed by atoms with van der Waals surface area (Å²) >= 11 is 0. The zero-order chi connectivity index (χ0) is 47.9.